The highest BCUT2D eigenvalue weighted by atomic mass is 32.1. The maximum atomic E-state index is 11.8. The van der Waals surface area contributed by atoms with Crippen LogP contribution in [0.15, 0.2) is 12.1 Å². The molecule has 0 bridgehead atoms. The number of ether oxygens (including phenoxy) is 1. The van der Waals surface area contributed by atoms with E-state index in [4.69, 9.17) is 4.74 Å². The first kappa shape index (κ1) is 13.9. The summed E-state index contributed by atoms with van der Waals surface area (Å²) in [4.78, 5) is 24.0. The normalized spacial score (nSPS) is 13.2. The van der Waals surface area contributed by atoms with Crippen LogP contribution >= 0.6 is 11.3 Å². The summed E-state index contributed by atoms with van der Waals surface area (Å²) in [6.07, 6.45) is 1.44. The van der Waals surface area contributed by atoms with Crippen molar-refractivity contribution in [2.75, 3.05) is 0 Å². The van der Waals surface area contributed by atoms with Crippen LogP contribution in [0.5, 0.6) is 0 Å². The zero-order valence-electron chi connectivity index (χ0n) is 10.6. The molecular weight excluding hydrogens is 236 g/mol. The summed E-state index contributed by atoms with van der Waals surface area (Å²) in [5.74, 6) is -0.383. The number of rotatable bonds is 4. The van der Waals surface area contributed by atoms with E-state index < -0.39 is 5.60 Å². The smallest absolute Gasteiger partial charge is 0.309 e. The molecule has 0 saturated heterocycles. The molecule has 0 amide bonds. The maximum absolute atomic E-state index is 11.8. The molecule has 1 heterocycles. The molecule has 0 aliphatic carbocycles. The van der Waals surface area contributed by atoms with Crippen LogP contribution in [0.4, 0.5) is 0 Å². The Morgan fingerprint density at radius 3 is 2.59 bits per heavy atom. The average molecular weight is 254 g/mol. The van der Waals surface area contributed by atoms with Crippen molar-refractivity contribution in [3.63, 3.8) is 0 Å². The van der Waals surface area contributed by atoms with E-state index in [1.165, 1.54) is 11.3 Å². The van der Waals surface area contributed by atoms with Crippen LogP contribution in [-0.4, -0.2) is 17.9 Å². The monoisotopic (exact) mass is 254 g/mol. The summed E-state index contributed by atoms with van der Waals surface area (Å²) in [6.45, 7) is 7.40. The van der Waals surface area contributed by atoms with Crippen molar-refractivity contribution in [3.05, 3.63) is 21.9 Å². The second kappa shape index (κ2) is 5.45. The summed E-state index contributed by atoms with van der Waals surface area (Å²) in [5.41, 5.74) is -0.450. The topological polar surface area (TPSA) is 43.4 Å². The number of thiophene rings is 1. The molecular formula is C13H18O3S. The molecule has 0 fully saturated rings. The van der Waals surface area contributed by atoms with E-state index in [0.717, 1.165) is 11.2 Å². The van der Waals surface area contributed by atoms with E-state index in [1.54, 1.807) is 6.07 Å². The van der Waals surface area contributed by atoms with Gasteiger partial charge in [-0.1, -0.05) is 6.92 Å². The van der Waals surface area contributed by atoms with Gasteiger partial charge >= 0.3 is 5.97 Å². The lowest BCUT2D eigenvalue weighted by Gasteiger charge is -2.22. The molecule has 17 heavy (non-hydrogen) atoms. The average Bonchev–Trinajstić information content (AvgIpc) is 2.62. The Balaban J connectivity index is 2.56. The first-order chi connectivity index (χ1) is 7.81. The minimum Gasteiger partial charge on any atom is -0.460 e. The molecule has 4 heteroatoms. The summed E-state index contributed by atoms with van der Waals surface area (Å²) < 4.78 is 5.30. The molecule has 0 radical (unpaired) electrons. The molecule has 1 rings (SSSR count). The molecule has 0 N–H and O–H groups in total. The second-order valence-electron chi connectivity index (χ2n) is 5.06. The Kier molecular flexibility index (Phi) is 4.46. The van der Waals surface area contributed by atoms with Crippen LogP contribution in [0.3, 0.4) is 0 Å². The van der Waals surface area contributed by atoms with Gasteiger partial charge in [-0.3, -0.25) is 9.59 Å². The molecule has 3 nitrogen and oxygen atoms in total. The van der Waals surface area contributed by atoms with Gasteiger partial charge in [0, 0.05) is 4.88 Å². The van der Waals surface area contributed by atoms with Crippen LogP contribution in [0, 0.1) is 5.92 Å². The summed E-state index contributed by atoms with van der Waals surface area (Å²) >= 11 is 1.42. The van der Waals surface area contributed by atoms with E-state index in [9.17, 15) is 9.59 Å². The number of esters is 1. The highest BCUT2D eigenvalue weighted by Crippen LogP contribution is 2.20. The van der Waals surface area contributed by atoms with Gasteiger partial charge in [0.05, 0.1) is 10.8 Å². The molecule has 0 aliphatic heterocycles. The van der Waals surface area contributed by atoms with Gasteiger partial charge in [-0.2, -0.15) is 0 Å². The minimum absolute atomic E-state index is 0.188. The molecule has 0 saturated carbocycles. The minimum atomic E-state index is -0.450. The second-order valence-corrected chi connectivity index (χ2v) is 6.26. The van der Waals surface area contributed by atoms with Crippen LogP contribution in [-0.2, 0) is 16.0 Å². The lowest BCUT2D eigenvalue weighted by atomic mass is 10.1. The van der Waals surface area contributed by atoms with E-state index >= 15 is 0 Å². The quantitative estimate of drug-likeness (QED) is 0.612. The zero-order valence-corrected chi connectivity index (χ0v) is 11.5. The molecule has 1 unspecified atom stereocenters. The van der Waals surface area contributed by atoms with Crippen molar-refractivity contribution in [2.24, 2.45) is 5.92 Å². The third-order valence-corrected chi connectivity index (χ3v) is 3.15. The van der Waals surface area contributed by atoms with Gasteiger partial charge in [0.15, 0.2) is 6.29 Å². The lowest BCUT2D eigenvalue weighted by Crippen LogP contribution is -2.28. The Morgan fingerprint density at radius 2 is 2.12 bits per heavy atom. The van der Waals surface area contributed by atoms with Crippen molar-refractivity contribution < 1.29 is 14.3 Å². The number of hydrogen-bond acceptors (Lipinski definition) is 4. The summed E-state index contributed by atoms with van der Waals surface area (Å²) in [5, 5.41) is 0. The molecule has 0 aliphatic rings. The number of hydrogen-bond donors (Lipinski definition) is 0. The molecule has 1 atom stereocenters. The van der Waals surface area contributed by atoms with Gasteiger partial charge < -0.3 is 4.74 Å². The summed E-state index contributed by atoms with van der Waals surface area (Å²) in [6, 6.07) is 3.66. The summed E-state index contributed by atoms with van der Waals surface area (Å²) in [7, 11) is 0. The SMILES string of the molecule is CC(Cc1ccc(C=O)s1)C(=O)OC(C)(C)C. The molecule has 1 aromatic rings. The van der Waals surface area contributed by atoms with Crippen LogP contribution in [0.1, 0.15) is 42.2 Å². The standard InChI is InChI=1S/C13H18O3S/c1-9(12(15)16-13(2,3)4)7-10-5-6-11(8-14)17-10/h5-6,8-9H,7H2,1-4H3. The fourth-order valence-electron chi connectivity index (χ4n) is 1.36. The highest BCUT2D eigenvalue weighted by molar-refractivity contribution is 7.13. The molecule has 1 aromatic heterocycles. The predicted molar refractivity (Wildman–Crippen MR) is 68.4 cm³/mol. The third kappa shape index (κ3) is 4.69. The molecule has 0 spiro atoms. The number of carbonyl (C=O) groups excluding carboxylic acids is 2. The molecule has 0 aromatic carbocycles. The van der Waals surface area contributed by atoms with E-state index in [2.05, 4.69) is 0 Å². The molecule has 94 valence electrons. The van der Waals surface area contributed by atoms with Crippen molar-refractivity contribution in [3.8, 4) is 0 Å². The first-order valence-corrected chi connectivity index (χ1v) is 6.40. The van der Waals surface area contributed by atoms with Crippen molar-refractivity contribution in [1.82, 2.24) is 0 Å². The van der Waals surface area contributed by atoms with E-state index in [-0.39, 0.29) is 11.9 Å². The Labute approximate surface area is 106 Å². The van der Waals surface area contributed by atoms with E-state index in [1.807, 2.05) is 33.8 Å². The van der Waals surface area contributed by atoms with Crippen molar-refractivity contribution in [1.29, 1.82) is 0 Å². The number of aldehydes is 1. The Bertz CT molecular complexity index is 401. The maximum Gasteiger partial charge on any atom is 0.309 e. The van der Waals surface area contributed by atoms with Gasteiger partial charge in [0.1, 0.15) is 5.60 Å². The van der Waals surface area contributed by atoms with Crippen LogP contribution < -0.4 is 0 Å². The van der Waals surface area contributed by atoms with Crippen LogP contribution in [0.2, 0.25) is 0 Å². The third-order valence-electron chi connectivity index (χ3n) is 2.12. The first-order valence-electron chi connectivity index (χ1n) is 5.58. The predicted octanol–water partition coefficient (Wildman–Crippen LogP) is 3.08. The fourth-order valence-corrected chi connectivity index (χ4v) is 2.31. The van der Waals surface area contributed by atoms with Crippen LogP contribution in [0.25, 0.3) is 0 Å². The van der Waals surface area contributed by atoms with Crippen molar-refractivity contribution in [2.45, 2.75) is 39.7 Å². The van der Waals surface area contributed by atoms with Gasteiger partial charge in [-0.05, 0) is 39.3 Å². The van der Waals surface area contributed by atoms with Gasteiger partial charge in [0.25, 0.3) is 0 Å². The van der Waals surface area contributed by atoms with Gasteiger partial charge in [0.2, 0.25) is 0 Å². The largest absolute Gasteiger partial charge is 0.460 e. The number of carbonyl (C=O) groups is 2. The Hall–Kier alpha value is -1.16. The Morgan fingerprint density at radius 1 is 1.47 bits per heavy atom. The van der Waals surface area contributed by atoms with Gasteiger partial charge in [-0.25, -0.2) is 0 Å². The fraction of sp³-hybridized carbons (Fsp3) is 0.538. The van der Waals surface area contributed by atoms with Gasteiger partial charge in [-0.15, -0.1) is 11.3 Å². The van der Waals surface area contributed by atoms with E-state index in [0.29, 0.717) is 11.3 Å². The zero-order chi connectivity index (χ0) is 13.1. The lowest BCUT2D eigenvalue weighted by molar-refractivity contribution is -0.159. The van der Waals surface area contributed by atoms with Crippen molar-refractivity contribution >= 4 is 23.6 Å². The highest BCUT2D eigenvalue weighted by Gasteiger charge is 2.22.